The van der Waals surface area contributed by atoms with Crippen LogP contribution in [0.2, 0.25) is 0 Å². The fourth-order valence-corrected chi connectivity index (χ4v) is 2.88. The number of carbonyl (C=O) groups is 1. The van der Waals surface area contributed by atoms with Gasteiger partial charge in [-0.2, -0.15) is 0 Å². The molecule has 0 fully saturated rings. The minimum Gasteiger partial charge on any atom is -0.493 e. The first-order chi connectivity index (χ1) is 13.5. The van der Waals surface area contributed by atoms with Crippen molar-refractivity contribution >= 4 is 17.5 Å². The van der Waals surface area contributed by atoms with E-state index < -0.39 is 0 Å². The Bertz CT molecular complexity index is 848. The third-order valence-electron chi connectivity index (χ3n) is 4.27. The molecule has 0 bridgehead atoms. The van der Waals surface area contributed by atoms with E-state index in [1.54, 1.807) is 51.7 Å². The van der Waals surface area contributed by atoms with Crippen molar-refractivity contribution in [2.45, 2.75) is 20.3 Å². The van der Waals surface area contributed by atoms with Gasteiger partial charge in [0, 0.05) is 11.1 Å². The minimum atomic E-state index is -0.0917. The van der Waals surface area contributed by atoms with Gasteiger partial charge in [0.15, 0.2) is 17.3 Å². The van der Waals surface area contributed by atoms with Crippen LogP contribution in [0.5, 0.6) is 23.0 Å². The fraction of sp³-hybridized carbons (Fsp3) is 0.318. The molecule has 0 amide bonds. The number of Topliss-reactive ketones (excluding diaryl/α,β-unsaturated/α-hetero) is 1. The van der Waals surface area contributed by atoms with Crippen LogP contribution < -0.4 is 24.7 Å². The zero-order valence-electron chi connectivity index (χ0n) is 17.0. The molecule has 0 atom stereocenters. The number of benzene rings is 2. The molecule has 2 aromatic carbocycles. The Hall–Kier alpha value is -3.15. The highest BCUT2D eigenvalue weighted by Crippen LogP contribution is 2.39. The van der Waals surface area contributed by atoms with Crippen LogP contribution in [0.1, 0.15) is 36.2 Å². The first kappa shape index (κ1) is 21.2. The molecule has 150 valence electrons. The highest BCUT2D eigenvalue weighted by Gasteiger charge is 2.16. The summed E-state index contributed by atoms with van der Waals surface area (Å²) < 4.78 is 21.5. The summed E-state index contributed by atoms with van der Waals surface area (Å²) in [7, 11) is 4.66. The number of ether oxygens (including phenoxy) is 4. The van der Waals surface area contributed by atoms with Crippen LogP contribution >= 0.6 is 0 Å². The van der Waals surface area contributed by atoms with Crippen LogP contribution in [0.25, 0.3) is 6.08 Å². The lowest BCUT2D eigenvalue weighted by Gasteiger charge is -2.13. The first-order valence-corrected chi connectivity index (χ1v) is 9.06. The van der Waals surface area contributed by atoms with Crippen LogP contribution in [0.4, 0.5) is 5.69 Å². The normalized spacial score (nSPS) is 11.1. The van der Waals surface area contributed by atoms with Crippen LogP contribution in [0, 0.1) is 0 Å². The van der Waals surface area contributed by atoms with Gasteiger partial charge in [-0.1, -0.05) is 6.92 Å². The topological polar surface area (TPSA) is 80.0 Å². The number of methoxy groups -OCH3 is 3. The molecule has 0 spiro atoms. The Kier molecular flexibility index (Phi) is 7.32. The Morgan fingerprint density at radius 2 is 1.61 bits per heavy atom. The third-order valence-corrected chi connectivity index (χ3v) is 4.27. The number of hydrogen-bond acceptors (Lipinski definition) is 6. The molecule has 2 rings (SSSR count). The van der Waals surface area contributed by atoms with Gasteiger partial charge in [-0.05, 0) is 55.3 Å². The van der Waals surface area contributed by atoms with Crippen molar-refractivity contribution in [2.75, 3.05) is 33.7 Å². The molecular formula is C22H27NO5. The Balaban J connectivity index is 2.43. The van der Waals surface area contributed by atoms with Crippen LogP contribution in [0.15, 0.2) is 35.9 Å². The van der Waals surface area contributed by atoms with Gasteiger partial charge in [-0.25, -0.2) is 0 Å². The van der Waals surface area contributed by atoms with Crippen molar-refractivity contribution in [3.63, 3.8) is 0 Å². The van der Waals surface area contributed by atoms with Gasteiger partial charge in [0.1, 0.15) is 5.75 Å². The fourth-order valence-electron chi connectivity index (χ4n) is 2.88. The summed E-state index contributed by atoms with van der Waals surface area (Å²) in [6, 6.07) is 8.70. The van der Waals surface area contributed by atoms with Crippen molar-refractivity contribution in [1.82, 2.24) is 0 Å². The summed E-state index contributed by atoms with van der Waals surface area (Å²) in [6.07, 6.45) is 2.38. The number of rotatable bonds is 9. The van der Waals surface area contributed by atoms with Gasteiger partial charge >= 0.3 is 0 Å². The SMILES string of the molecule is CCOc1ccc(C(=O)C(=Cc2cc(OC)c(OC)c(OC)c2)CC)cc1N. The molecule has 2 N–H and O–H groups in total. The maximum absolute atomic E-state index is 13.0. The van der Waals surface area contributed by atoms with Crippen molar-refractivity contribution in [3.05, 3.63) is 47.0 Å². The minimum absolute atomic E-state index is 0.0917. The first-order valence-electron chi connectivity index (χ1n) is 9.06. The van der Waals surface area contributed by atoms with E-state index in [1.807, 2.05) is 19.9 Å². The van der Waals surface area contributed by atoms with E-state index in [1.165, 1.54) is 0 Å². The van der Waals surface area contributed by atoms with Crippen molar-refractivity contribution in [3.8, 4) is 23.0 Å². The van der Waals surface area contributed by atoms with Crippen LogP contribution in [0.3, 0.4) is 0 Å². The summed E-state index contributed by atoms with van der Waals surface area (Å²) in [6.45, 7) is 4.33. The number of ketones is 1. The van der Waals surface area contributed by atoms with E-state index in [9.17, 15) is 4.79 Å². The molecule has 6 heteroatoms. The van der Waals surface area contributed by atoms with Crippen LogP contribution in [-0.4, -0.2) is 33.7 Å². The van der Waals surface area contributed by atoms with E-state index in [-0.39, 0.29) is 5.78 Å². The lowest BCUT2D eigenvalue weighted by molar-refractivity contribution is 0.103. The van der Waals surface area contributed by atoms with E-state index in [4.69, 9.17) is 24.7 Å². The Morgan fingerprint density at radius 3 is 2.07 bits per heavy atom. The second-order valence-electron chi connectivity index (χ2n) is 6.00. The zero-order chi connectivity index (χ0) is 20.7. The Labute approximate surface area is 165 Å². The summed E-state index contributed by atoms with van der Waals surface area (Å²) in [4.78, 5) is 13.0. The second-order valence-corrected chi connectivity index (χ2v) is 6.00. The number of nitrogens with two attached hydrogens (primary N) is 1. The van der Waals surface area contributed by atoms with Crippen LogP contribution in [-0.2, 0) is 0 Å². The zero-order valence-corrected chi connectivity index (χ0v) is 17.0. The van der Waals surface area contributed by atoms with E-state index >= 15 is 0 Å². The molecule has 0 radical (unpaired) electrons. The van der Waals surface area contributed by atoms with Gasteiger partial charge in [0.25, 0.3) is 0 Å². The molecule has 0 saturated heterocycles. The molecule has 0 aliphatic carbocycles. The molecule has 0 saturated carbocycles. The largest absolute Gasteiger partial charge is 0.493 e. The van der Waals surface area contributed by atoms with Gasteiger partial charge in [-0.15, -0.1) is 0 Å². The Morgan fingerprint density at radius 1 is 0.964 bits per heavy atom. The average Bonchev–Trinajstić information content (AvgIpc) is 2.72. The van der Waals surface area contributed by atoms with E-state index in [2.05, 4.69) is 0 Å². The molecular weight excluding hydrogens is 358 g/mol. The summed E-state index contributed by atoms with van der Waals surface area (Å²) in [5.41, 5.74) is 8.37. The van der Waals surface area contributed by atoms with Gasteiger partial charge in [-0.3, -0.25) is 4.79 Å². The van der Waals surface area contributed by atoms with E-state index in [0.717, 1.165) is 5.56 Å². The smallest absolute Gasteiger partial charge is 0.203 e. The second kappa shape index (κ2) is 9.69. The molecule has 28 heavy (non-hydrogen) atoms. The van der Waals surface area contributed by atoms with Gasteiger partial charge in [0.2, 0.25) is 5.75 Å². The molecule has 0 aromatic heterocycles. The van der Waals surface area contributed by atoms with Crippen molar-refractivity contribution in [2.24, 2.45) is 0 Å². The highest BCUT2D eigenvalue weighted by molar-refractivity contribution is 6.11. The molecule has 0 heterocycles. The lowest BCUT2D eigenvalue weighted by atomic mass is 9.98. The quantitative estimate of drug-likeness (QED) is 0.392. The molecule has 2 aromatic rings. The lowest BCUT2D eigenvalue weighted by Crippen LogP contribution is -2.05. The summed E-state index contributed by atoms with van der Waals surface area (Å²) in [5.74, 6) is 2.05. The maximum Gasteiger partial charge on any atom is 0.203 e. The monoisotopic (exact) mass is 385 g/mol. The summed E-state index contributed by atoms with van der Waals surface area (Å²) >= 11 is 0. The third kappa shape index (κ3) is 4.57. The summed E-state index contributed by atoms with van der Waals surface area (Å²) in [5, 5.41) is 0. The molecule has 0 unspecified atom stereocenters. The molecule has 0 aliphatic rings. The average molecular weight is 385 g/mol. The number of nitrogen functional groups attached to an aromatic ring is 1. The van der Waals surface area contributed by atoms with Crippen molar-refractivity contribution < 1.29 is 23.7 Å². The van der Waals surface area contributed by atoms with Gasteiger partial charge < -0.3 is 24.7 Å². The number of hydrogen-bond donors (Lipinski definition) is 1. The highest BCUT2D eigenvalue weighted by atomic mass is 16.5. The number of carbonyl (C=O) groups excluding carboxylic acids is 1. The molecule has 6 nitrogen and oxygen atoms in total. The van der Waals surface area contributed by atoms with Crippen molar-refractivity contribution in [1.29, 1.82) is 0 Å². The standard InChI is InChI=1S/C22H27NO5/c1-6-15(21(24)16-8-9-18(28-7-2)17(23)13-16)10-14-11-19(25-3)22(27-5)20(12-14)26-4/h8-13H,6-7,23H2,1-5H3. The molecule has 0 aliphatic heterocycles. The van der Waals surface area contributed by atoms with Gasteiger partial charge in [0.05, 0.1) is 33.6 Å². The van der Waals surface area contributed by atoms with E-state index in [0.29, 0.717) is 52.8 Å². The predicted molar refractivity (Wildman–Crippen MR) is 111 cm³/mol. The maximum atomic E-state index is 13.0. The number of anilines is 1. The predicted octanol–water partition coefficient (Wildman–Crippen LogP) is 4.37. The number of allylic oxidation sites excluding steroid dienone is 1.